The van der Waals surface area contributed by atoms with Crippen LogP contribution in [0.1, 0.15) is 38.0 Å². The lowest BCUT2D eigenvalue weighted by Gasteiger charge is -2.46. The number of pyridine rings is 1. The summed E-state index contributed by atoms with van der Waals surface area (Å²) in [7, 11) is 0. The first-order valence-corrected chi connectivity index (χ1v) is 12.8. The van der Waals surface area contributed by atoms with Gasteiger partial charge >= 0.3 is 0 Å². The Balaban J connectivity index is 1.47. The van der Waals surface area contributed by atoms with E-state index in [2.05, 4.69) is 35.4 Å². The van der Waals surface area contributed by atoms with Crippen molar-refractivity contribution in [3.05, 3.63) is 59.5 Å². The zero-order valence-corrected chi connectivity index (χ0v) is 22.6. The second-order valence-corrected chi connectivity index (χ2v) is 11.1. The summed E-state index contributed by atoms with van der Waals surface area (Å²) in [6, 6.07) is 3.84. The number of benzene rings is 1. The highest BCUT2D eigenvalue weighted by Gasteiger charge is 2.54. The molecule has 5 rings (SSSR count). The summed E-state index contributed by atoms with van der Waals surface area (Å²) >= 11 is 0.723. The lowest BCUT2D eigenvalue weighted by Crippen LogP contribution is -2.52. The molecule has 0 bridgehead atoms. The standard InChI is InChI=1S/C25H24F4N8O2S/c1-11-24(3,36-23(30)40-25(11,4)22(28)29)14-7-13(8-15(26)19(14)27)34-21-20-16(5-6-31-21)35-17(9-32-20)38-10-18-33-12(2)37-39-18/h5-9,11,22H,10H2,1-4H3,(H2,30,36)(H,31,34)/t11?,24-,25-/m0/s1. The van der Waals surface area contributed by atoms with Gasteiger partial charge < -0.3 is 20.3 Å². The third-order valence-corrected chi connectivity index (χ3v) is 8.26. The fraction of sp³-hybridized carbons (Fsp3) is 0.360. The molecule has 4 aromatic rings. The van der Waals surface area contributed by atoms with Crippen LogP contribution in [0.3, 0.4) is 0 Å². The van der Waals surface area contributed by atoms with Crippen molar-refractivity contribution in [2.75, 3.05) is 5.32 Å². The maximum absolute atomic E-state index is 15.2. The number of hydrogen-bond acceptors (Lipinski definition) is 11. The van der Waals surface area contributed by atoms with Gasteiger partial charge in [0.2, 0.25) is 5.88 Å². The summed E-state index contributed by atoms with van der Waals surface area (Å²) < 4.78 is 67.2. The van der Waals surface area contributed by atoms with Gasteiger partial charge in [-0.1, -0.05) is 23.8 Å². The molecule has 3 N–H and O–H groups in total. The Labute approximate surface area is 229 Å². The molecular formula is C25H24F4N8O2S. The molecule has 1 aliphatic rings. The normalized spacial score (nSPS) is 22.9. The van der Waals surface area contributed by atoms with E-state index in [1.54, 1.807) is 13.0 Å². The molecule has 0 fully saturated rings. The number of fused-ring (bicyclic) bond motifs is 1. The summed E-state index contributed by atoms with van der Waals surface area (Å²) in [5.74, 6) is -2.21. The molecule has 3 atom stereocenters. The molecule has 10 nitrogen and oxygen atoms in total. The first kappa shape index (κ1) is 27.6. The van der Waals surface area contributed by atoms with E-state index >= 15 is 4.39 Å². The number of hydrogen-bond donors (Lipinski definition) is 2. The van der Waals surface area contributed by atoms with Gasteiger partial charge in [0.1, 0.15) is 5.52 Å². The van der Waals surface area contributed by atoms with Crippen molar-refractivity contribution in [3.63, 3.8) is 0 Å². The summed E-state index contributed by atoms with van der Waals surface area (Å²) in [6.45, 7) is 5.99. The average Bonchev–Trinajstić information content (AvgIpc) is 3.32. The van der Waals surface area contributed by atoms with Gasteiger partial charge in [-0.2, -0.15) is 4.98 Å². The number of rotatable bonds is 7. The number of nitrogens with one attached hydrogen (secondary N) is 1. The van der Waals surface area contributed by atoms with Gasteiger partial charge in [-0.05, 0) is 32.9 Å². The maximum atomic E-state index is 15.2. The van der Waals surface area contributed by atoms with Gasteiger partial charge in [0.25, 0.3) is 12.3 Å². The minimum atomic E-state index is -2.79. The van der Waals surface area contributed by atoms with Crippen LogP contribution in [0.5, 0.6) is 5.88 Å². The van der Waals surface area contributed by atoms with Crippen molar-refractivity contribution in [2.45, 2.75) is 51.0 Å². The fourth-order valence-electron chi connectivity index (χ4n) is 4.54. The van der Waals surface area contributed by atoms with Crippen molar-refractivity contribution >= 4 is 39.5 Å². The molecule has 4 heterocycles. The Bertz CT molecular complexity index is 1620. The molecule has 0 saturated carbocycles. The lowest BCUT2D eigenvalue weighted by molar-refractivity contribution is 0.0571. The lowest BCUT2D eigenvalue weighted by atomic mass is 9.73. The van der Waals surface area contributed by atoms with Gasteiger partial charge in [-0.3, -0.25) is 4.99 Å². The topological polar surface area (TPSA) is 137 Å². The number of aryl methyl sites for hydroxylation is 1. The summed E-state index contributed by atoms with van der Waals surface area (Å²) in [5, 5.41) is 6.48. The molecule has 1 aromatic carbocycles. The number of nitrogens with zero attached hydrogens (tertiary/aromatic N) is 6. The van der Waals surface area contributed by atoms with E-state index in [1.807, 2.05) is 0 Å². The second-order valence-electron chi connectivity index (χ2n) is 9.61. The van der Waals surface area contributed by atoms with E-state index in [1.165, 1.54) is 39.2 Å². The molecule has 1 unspecified atom stereocenters. The van der Waals surface area contributed by atoms with Gasteiger partial charge in [-0.25, -0.2) is 32.5 Å². The molecule has 1 aliphatic heterocycles. The van der Waals surface area contributed by atoms with Gasteiger partial charge in [0, 0.05) is 29.4 Å². The molecule has 0 radical (unpaired) electrons. The molecule has 3 aromatic heterocycles. The molecule has 0 amide bonds. The maximum Gasteiger partial charge on any atom is 0.264 e. The number of ether oxygens (including phenoxy) is 1. The highest BCUT2D eigenvalue weighted by molar-refractivity contribution is 8.15. The zero-order valence-electron chi connectivity index (χ0n) is 21.7. The number of aliphatic imine (C=N–C) groups is 1. The minimum Gasteiger partial charge on any atom is -0.466 e. The van der Waals surface area contributed by atoms with Crippen LogP contribution in [-0.4, -0.2) is 41.4 Å². The minimum absolute atomic E-state index is 0.0118. The van der Waals surface area contributed by atoms with Gasteiger partial charge in [-0.15, -0.1) is 0 Å². The van der Waals surface area contributed by atoms with Crippen LogP contribution >= 0.6 is 11.8 Å². The van der Waals surface area contributed by atoms with Crippen molar-refractivity contribution in [1.82, 2.24) is 25.1 Å². The van der Waals surface area contributed by atoms with Crippen molar-refractivity contribution in [1.29, 1.82) is 0 Å². The van der Waals surface area contributed by atoms with E-state index in [9.17, 15) is 13.2 Å². The SMILES string of the molecule is Cc1noc(COc2cnc3c(Nc4cc(F)c(F)c([C@@]5(C)N=C(N)S[C@](C)(C(F)F)C5C)c4)nccc3n2)n1. The van der Waals surface area contributed by atoms with Crippen LogP contribution in [-0.2, 0) is 12.1 Å². The van der Waals surface area contributed by atoms with Gasteiger partial charge in [0.15, 0.2) is 35.1 Å². The number of halogens is 4. The number of amidine groups is 1. The van der Waals surface area contributed by atoms with Crippen molar-refractivity contribution in [2.24, 2.45) is 16.6 Å². The Morgan fingerprint density at radius 1 is 1.20 bits per heavy atom. The van der Waals surface area contributed by atoms with Crippen LogP contribution in [0.25, 0.3) is 11.0 Å². The average molecular weight is 577 g/mol. The Morgan fingerprint density at radius 2 is 1.98 bits per heavy atom. The predicted molar refractivity (Wildman–Crippen MR) is 140 cm³/mol. The molecule has 0 saturated heterocycles. The highest BCUT2D eigenvalue weighted by Crippen LogP contribution is 2.53. The monoisotopic (exact) mass is 576 g/mol. The largest absolute Gasteiger partial charge is 0.466 e. The third-order valence-electron chi connectivity index (χ3n) is 6.99. The number of anilines is 2. The number of thioether (sulfide) groups is 1. The summed E-state index contributed by atoms with van der Waals surface area (Å²) in [5.41, 5.74) is 4.90. The van der Waals surface area contributed by atoms with E-state index < -0.39 is 34.3 Å². The number of alkyl halides is 2. The third kappa shape index (κ3) is 4.89. The molecular weight excluding hydrogens is 552 g/mol. The van der Waals surface area contributed by atoms with Gasteiger partial charge in [0.05, 0.1) is 22.0 Å². The van der Waals surface area contributed by atoms with Crippen LogP contribution in [0.15, 0.2) is 40.1 Å². The Hall–Kier alpha value is -4.01. The molecule has 0 aliphatic carbocycles. The highest BCUT2D eigenvalue weighted by atomic mass is 32.2. The second kappa shape index (κ2) is 10.2. The fourth-order valence-corrected chi connectivity index (χ4v) is 5.72. The summed E-state index contributed by atoms with van der Waals surface area (Å²) in [4.78, 5) is 21.4. The van der Waals surface area contributed by atoms with Crippen molar-refractivity contribution < 1.29 is 26.8 Å². The van der Waals surface area contributed by atoms with Crippen LogP contribution in [0.4, 0.5) is 29.1 Å². The Kier molecular flexibility index (Phi) is 7.02. The van der Waals surface area contributed by atoms with E-state index in [4.69, 9.17) is 15.0 Å². The zero-order chi connectivity index (χ0) is 28.8. The predicted octanol–water partition coefficient (Wildman–Crippen LogP) is 5.25. The number of nitrogens with two attached hydrogens (primary N) is 1. The van der Waals surface area contributed by atoms with Crippen LogP contribution in [0, 0.1) is 24.5 Å². The summed E-state index contributed by atoms with van der Waals surface area (Å²) in [6.07, 6.45) is 0.0188. The van der Waals surface area contributed by atoms with Crippen LogP contribution < -0.4 is 15.8 Å². The van der Waals surface area contributed by atoms with E-state index in [-0.39, 0.29) is 40.6 Å². The smallest absolute Gasteiger partial charge is 0.264 e. The van der Waals surface area contributed by atoms with Crippen LogP contribution in [0.2, 0.25) is 0 Å². The molecule has 15 heteroatoms. The van der Waals surface area contributed by atoms with E-state index in [0.717, 1.165) is 17.8 Å². The molecule has 0 spiro atoms. The quantitative estimate of drug-likeness (QED) is 0.281. The van der Waals surface area contributed by atoms with Crippen molar-refractivity contribution in [3.8, 4) is 5.88 Å². The first-order valence-electron chi connectivity index (χ1n) is 12.0. The first-order chi connectivity index (χ1) is 18.9. The van der Waals surface area contributed by atoms with E-state index in [0.29, 0.717) is 16.9 Å². The molecule has 210 valence electrons. The Morgan fingerprint density at radius 3 is 2.67 bits per heavy atom. The number of aromatic nitrogens is 5. The molecule has 40 heavy (non-hydrogen) atoms.